The standard InChI is InChI=1S/C18H29NO/c1-18(2,3)16-8-10-17(11-9-16)20-15-7-14-19-12-5-4-6-13-19/h8-11H,4-7,12-15H2,1-3H3. The van der Waals surface area contributed by atoms with E-state index in [2.05, 4.69) is 49.9 Å². The summed E-state index contributed by atoms with van der Waals surface area (Å²) in [6, 6.07) is 8.56. The molecule has 1 aliphatic heterocycles. The minimum atomic E-state index is 0.215. The summed E-state index contributed by atoms with van der Waals surface area (Å²) in [6.07, 6.45) is 5.28. The van der Waals surface area contributed by atoms with Crippen LogP contribution in [0.1, 0.15) is 52.0 Å². The molecule has 20 heavy (non-hydrogen) atoms. The van der Waals surface area contributed by atoms with E-state index in [9.17, 15) is 0 Å². The number of likely N-dealkylation sites (tertiary alicyclic amines) is 1. The van der Waals surface area contributed by atoms with Crippen molar-refractivity contribution in [2.75, 3.05) is 26.2 Å². The van der Waals surface area contributed by atoms with Gasteiger partial charge < -0.3 is 9.64 Å². The van der Waals surface area contributed by atoms with Crippen LogP contribution in [0.15, 0.2) is 24.3 Å². The quantitative estimate of drug-likeness (QED) is 0.745. The van der Waals surface area contributed by atoms with Gasteiger partial charge in [-0.1, -0.05) is 39.3 Å². The highest BCUT2D eigenvalue weighted by Crippen LogP contribution is 2.24. The maximum atomic E-state index is 5.84. The monoisotopic (exact) mass is 275 g/mol. The summed E-state index contributed by atoms with van der Waals surface area (Å²) in [6.45, 7) is 11.3. The SMILES string of the molecule is CC(C)(C)c1ccc(OCCCN2CCCCC2)cc1. The lowest BCUT2D eigenvalue weighted by atomic mass is 9.87. The average Bonchev–Trinajstić information content (AvgIpc) is 2.44. The van der Waals surface area contributed by atoms with Crippen LogP contribution in [0.5, 0.6) is 5.75 Å². The summed E-state index contributed by atoms with van der Waals surface area (Å²) >= 11 is 0. The van der Waals surface area contributed by atoms with Crippen molar-refractivity contribution in [1.82, 2.24) is 4.90 Å². The second kappa shape index (κ2) is 7.12. The van der Waals surface area contributed by atoms with Crippen LogP contribution < -0.4 is 4.74 Å². The third kappa shape index (κ3) is 4.82. The van der Waals surface area contributed by atoms with Crippen molar-refractivity contribution in [3.8, 4) is 5.75 Å². The molecule has 0 radical (unpaired) electrons. The van der Waals surface area contributed by atoms with Crippen molar-refractivity contribution in [2.24, 2.45) is 0 Å². The summed E-state index contributed by atoms with van der Waals surface area (Å²) in [5.74, 6) is 0.997. The molecule has 1 saturated heterocycles. The Labute approximate surface area is 124 Å². The van der Waals surface area contributed by atoms with Crippen LogP contribution in [-0.2, 0) is 5.41 Å². The summed E-state index contributed by atoms with van der Waals surface area (Å²) in [5, 5.41) is 0. The maximum Gasteiger partial charge on any atom is 0.119 e. The third-order valence-corrected chi connectivity index (χ3v) is 4.06. The minimum absolute atomic E-state index is 0.215. The van der Waals surface area contributed by atoms with Gasteiger partial charge in [0.25, 0.3) is 0 Å². The number of piperidine rings is 1. The maximum absolute atomic E-state index is 5.84. The number of rotatable bonds is 5. The van der Waals surface area contributed by atoms with Gasteiger partial charge in [-0.2, -0.15) is 0 Å². The van der Waals surface area contributed by atoms with E-state index in [1.54, 1.807) is 0 Å². The molecule has 0 atom stereocenters. The summed E-state index contributed by atoms with van der Waals surface area (Å²) < 4.78 is 5.84. The normalized spacial score (nSPS) is 17.1. The van der Waals surface area contributed by atoms with Crippen LogP contribution in [0.2, 0.25) is 0 Å². The van der Waals surface area contributed by atoms with Gasteiger partial charge in [0.2, 0.25) is 0 Å². The minimum Gasteiger partial charge on any atom is -0.494 e. The van der Waals surface area contributed by atoms with E-state index in [0.717, 1.165) is 18.8 Å². The van der Waals surface area contributed by atoms with E-state index >= 15 is 0 Å². The fourth-order valence-corrected chi connectivity index (χ4v) is 2.71. The molecule has 0 unspecified atom stereocenters. The van der Waals surface area contributed by atoms with E-state index in [0.29, 0.717) is 0 Å². The van der Waals surface area contributed by atoms with Gasteiger partial charge >= 0.3 is 0 Å². The molecule has 1 heterocycles. The lowest BCUT2D eigenvalue weighted by Crippen LogP contribution is -2.31. The van der Waals surface area contributed by atoms with Gasteiger partial charge in [0.1, 0.15) is 5.75 Å². The highest BCUT2D eigenvalue weighted by molar-refractivity contribution is 5.31. The molecule has 0 aromatic heterocycles. The van der Waals surface area contributed by atoms with Crippen molar-refractivity contribution < 1.29 is 4.74 Å². The molecule has 1 aliphatic rings. The largest absolute Gasteiger partial charge is 0.494 e. The number of nitrogens with zero attached hydrogens (tertiary/aromatic N) is 1. The predicted octanol–water partition coefficient (Wildman–Crippen LogP) is 4.24. The second-order valence-electron chi connectivity index (χ2n) is 6.88. The molecular weight excluding hydrogens is 246 g/mol. The zero-order chi connectivity index (χ0) is 14.4. The van der Waals surface area contributed by atoms with Crippen molar-refractivity contribution in [1.29, 1.82) is 0 Å². The first-order valence-electron chi connectivity index (χ1n) is 8.01. The van der Waals surface area contributed by atoms with Crippen LogP contribution >= 0.6 is 0 Å². The van der Waals surface area contributed by atoms with E-state index in [-0.39, 0.29) is 5.41 Å². The molecule has 2 nitrogen and oxygen atoms in total. The Bertz CT molecular complexity index is 385. The fourth-order valence-electron chi connectivity index (χ4n) is 2.71. The first-order valence-corrected chi connectivity index (χ1v) is 8.01. The molecule has 0 N–H and O–H groups in total. The van der Waals surface area contributed by atoms with Crippen LogP contribution in [0.25, 0.3) is 0 Å². The van der Waals surface area contributed by atoms with Crippen molar-refractivity contribution >= 4 is 0 Å². The lowest BCUT2D eigenvalue weighted by Gasteiger charge is -2.26. The zero-order valence-electron chi connectivity index (χ0n) is 13.3. The third-order valence-electron chi connectivity index (χ3n) is 4.06. The predicted molar refractivity (Wildman–Crippen MR) is 85.5 cm³/mol. The summed E-state index contributed by atoms with van der Waals surface area (Å²) in [4.78, 5) is 2.57. The van der Waals surface area contributed by atoms with E-state index in [1.165, 1.54) is 44.5 Å². The van der Waals surface area contributed by atoms with Gasteiger partial charge in [0.15, 0.2) is 0 Å². The average molecular weight is 275 g/mol. The molecule has 1 fully saturated rings. The van der Waals surface area contributed by atoms with Gasteiger partial charge in [-0.3, -0.25) is 0 Å². The molecule has 0 amide bonds. The van der Waals surface area contributed by atoms with E-state index in [4.69, 9.17) is 4.74 Å². The van der Waals surface area contributed by atoms with Crippen LogP contribution in [0.3, 0.4) is 0 Å². The number of hydrogen-bond acceptors (Lipinski definition) is 2. The van der Waals surface area contributed by atoms with Crippen molar-refractivity contribution in [2.45, 2.75) is 51.9 Å². The molecule has 2 rings (SSSR count). The fraction of sp³-hybridized carbons (Fsp3) is 0.667. The first kappa shape index (κ1) is 15.4. The lowest BCUT2D eigenvalue weighted by molar-refractivity contribution is 0.205. The highest BCUT2D eigenvalue weighted by Gasteiger charge is 2.13. The molecule has 0 saturated carbocycles. The zero-order valence-corrected chi connectivity index (χ0v) is 13.3. The van der Waals surface area contributed by atoms with E-state index in [1.807, 2.05) is 0 Å². The topological polar surface area (TPSA) is 12.5 Å². The molecular formula is C18H29NO. The van der Waals surface area contributed by atoms with Crippen LogP contribution in [-0.4, -0.2) is 31.1 Å². The molecule has 0 spiro atoms. The highest BCUT2D eigenvalue weighted by atomic mass is 16.5. The van der Waals surface area contributed by atoms with Crippen LogP contribution in [0.4, 0.5) is 0 Å². The Morgan fingerprint density at radius 1 is 1.00 bits per heavy atom. The Hall–Kier alpha value is -1.02. The summed E-state index contributed by atoms with van der Waals surface area (Å²) in [5.41, 5.74) is 1.57. The van der Waals surface area contributed by atoms with Crippen LogP contribution in [0, 0.1) is 0 Å². The van der Waals surface area contributed by atoms with Gasteiger partial charge in [-0.05, 0) is 55.5 Å². The molecule has 0 bridgehead atoms. The van der Waals surface area contributed by atoms with E-state index < -0.39 is 0 Å². The number of ether oxygens (including phenoxy) is 1. The molecule has 1 aromatic carbocycles. The van der Waals surface area contributed by atoms with Crippen molar-refractivity contribution in [3.05, 3.63) is 29.8 Å². The summed E-state index contributed by atoms with van der Waals surface area (Å²) in [7, 11) is 0. The Balaban J connectivity index is 1.68. The number of benzene rings is 1. The molecule has 0 aliphatic carbocycles. The molecule has 1 aromatic rings. The molecule has 112 valence electrons. The van der Waals surface area contributed by atoms with Gasteiger partial charge in [0, 0.05) is 6.54 Å². The van der Waals surface area contributed by atoms with Crippen molar-refractivity contribution in [3.63, 3.8) is 0 Å². The Morgan fingerprint density at radius 3 is 2.25 bits per heavy atom. The van der Waals surface area contributed by atoms with Gasteiger partial charge in [-0.25, -0.2) is 0 Å². The Kier molecular flexibility index (Phi) is 5.47. The second-order valence-corrected chi connectivity index (χ2v) is 6.88. The van der Waals surface area contributed by atoms with Gasteiger partial charge in [0.05, 0.1) is 6.61 Å². The first-order chi connectivity index (χ1) is 9.55. The molecule has 2 heteroatoms. The smallest absolute Gasteiger partial charge is 0.119 e. The Morgan fingerprint density at radius 2 is 1.65 bits per heavy atom. The van der Waals surface area contributed by atoms with Gasteiger partial charge in [-0.15, -0.1) is 0 Å². The number of hydrogen-bond donors (Lipinski definition) is 0.